The molecule has 0 amide bonds. The number of nitrogens with two attached hydrogens (primary N) is 1. The van der Waals surface area contributed by atoms with Crippen molar-refractivity contribution >= 4 is 11.3 Å². The van der Waals surface area contributed by atoms with E-state index in [2.05, 4.69) is 19.1 Å². The van der Waals surface area contributed by atoms with Crippen molar-refractivity contribution in [3.8, 4) is 11.5 Å². The summed E-state index contributed by atoms with van der Waals surface area (Å²) in [6.45, 7) is 3.19. The largest absolute Gasteiger partial charge is 0.497 e. The van der Waals surface area contributed by atoms with Crippen LogP contribution in [0.25, 0.3) is 0 Å². The maximum absolute atomic E-state index is 5.85. The van der Waals surface area contributed by atoms with Gasteiger partial charge in [-0.15, -0.1) is 11.3 Å². The molecule has 0 bridgehead atoms. The molecule has 4 heteroatoms. The monoisotopic (exact) mass is 277 g/mol. The van der Waals surface area contributed by atoms with Gasteiger partial charge < -0.3 is 15.2 Å². The third-order valence-electron chi connectivity index (χ3n) is 2.92. The first-order valence-corrected chi connectivity index (χ1v) is 7.15. The minimum absolute atomic E-state index is 0.442. The first-order valence-electron chi connectivity index (χ1n) is 6.34. The number of methoxy groups -OCH3 is 1. The van der Waals surface area contributed by atoms with Gasteiger partial charge in [0.2, 0.25) is 0 Å². The summed E-state index contributed by atoms with van der Waals surface area (Å²) in [6, 6.07) is 9.99. The first kappa shape index (κ1) is 13.9. The summed E-state index contributed by atoms with van der Waals surface area (Å²) < 4.78 is 11.0. The van der Waals surface area contributed by atoms with Gasteiger partial charge in [0, 0.05) is 21.9 Å². The van der Waals surface area contributed by atoms with Crippen molar-refractivity contribution in [2.24, 2.45) is 5.73 Å². The van der Waals surface area contributed by atoms with Crippen LogP contribution in [-0.4, -0.2) is 7.11 Å². The molecule has 0 saturated heterocycles. The molecule has 2 N–H and O–H groups in total. The van der Waals surface area contributed by atoms with Crippen molar-refractivity contribution < 1.29 is 9.47 Å². The van der Waals surface area contributed by atoms with Crippen LogP contribution in [0, 0.1) is 0 Å². The Balaban J connectivity index is 2.06. The molecule has 0 radical (unpaired) electrons. The van der Waals surface area contributed by atoms with E-state index in [4.69, 9.17) is 15.2 Å². The molecule has 2 rings (SSSR count). The zero-order valence-electron chi connectivity index (χ0n) is 11.3. The Hall–Kier alpha value is -1.52. The van der Waals surface area contributed by atoms with E-state index >= 15 is 0 Å². The fourth-order valence-corrected chi connectivity index (χ4v) is 2.69. The number of hydrogen-bond donors (Lipinski definition) is 1. The maximum atomic E-state index is 5.85. The number of rotatable bonds is 6. The summed E-state index contributed by atoms with van der Waals surface area (Å²) >= 11 is 1.79. The van der Waals surface area contributed by atoms with E-state index in [9.17, 15) is 0 Å². The second-order valence-corrected chi connectivity index (χ2v) is 5.44. The van der Waals surface area contributed by atoms with E-state index in [-0.39, 0.29) is 0 Å². The fraction of sp³-hybridized carbons (Fsp3) is 0.333. The van der Waals surface area contributed by atoms with Crippen molar-refractivity contribution in [3.63, 3.8) is 0 Å². The molecular weight excluding hydrogens is 258 g/mol. The lowest BCUT2D eigenvalue weighted by atomic mass is 10.2. The third-order valence-corrected chi connectivity index (χ3v) is 4.13. The highest BCUT2D eigenvalue weighted by atomic mass is 32.1. The van der Waals surface area contributed by atoms with Gasteiger partial charge in [0.25, 0.3) is 0 Å². The lowest BCUT2D eigenvalue weighted by Crippen LogP contribution is -2.02. The Morgan fingerprint density at radius 2 is 1.95 bits per heavy atom. The highest BCUT2D eigenvalue weighted by molar-refractivity contribution is 7.11. The van der Waals surface area contributed by atoms with E-state index in [1.165, 1.54) is 9.75 Å². The second kappa shape index (κ2) is 6.59. The van der Waals surface area contributed by atoms with Gasteiger partial charge in [0.15, 0.2) is 0 Å². The summed E-state index contributed by atoms with van der Waals surface area (Å²) in [7, 11) is 1.65. The van der Waals surface area contributed by atoms with Crippen LogP contribution in [-0.2, 0) is 19.6 Å². The molecule has 1 aromatic heterocycles. The molecular formula is C15H19NO2S. The molecule has 0 aliphatic carbocycles. The average Bonchev–Trinajstić information content (AvgIpc) is 2.92. The Bertz CT molecular complexity index is 537. The van der Waals surface area contributed by atoms with Gasteiger partial charge in [-0.25, -0.2) is 0 Å². The minimum Gasteiger partial charge on any atom is -0.497 e. The maximum Gasteiger partial charge on any atom is 0.124 e. The lowest BCUT2D eigenvalue weighted by Gasteiger charge is -2.11. The standard InChI is InChI=1S/C15H19NO2S/c1-3-13-5-6-14(19-13)10-18-15-7-4-12(17-2)8-11(15)9-16/h4-8H,3,9-10,16H2,1-2H3. The molecule has 0 aliphatic rings. The molecule has 0 saturated carbocycles. The Kier molecular flexibility index (Phi) is 4.82. The quantitative estimate of drug-likeness (QED) is 0.880. The fourth-order valence-electron chi connectivity index (χ4n) is 1.82. The van der Waals surface area contributed by atoms with Crippen molar-refractivity contribution in [1.82, 2.24) is 0 Å². The molecule has 0 aliphatic heterocycles. The first-order chi connectivity index (χ1) is 9.26. The summed E-state index contributed by atoms with van der Waals surface area (Å²) in [5.74, 6) is 1.63. The summed E-state index contributed by atoms with van der Waals surface area (Å²) in [6.07, 6.45) is 1.07. The van der Waals surface area contributed by atoms with Crippen LogP contribution in [0.4, 0.5) is 0 Å². The van der Waals surface area contributed by atoms with Crippen molar-refractivity contribution in [2.75, 3.05) is 7.11 Å². The third kappa shape index (κ3) is 3.49. The number of benzene rings is 1. The van der Waals surface area contributed by atoms with Crippen molar-refractivity contribution in [3.05, 3.63) is 45.6 Å². The van der Waals surface area contributed by atoms with Gasteiger partial charge in [0.1, 0.15) is 18.1 Å². The summed E-state index contributed by atoms with van der Waals surface area (Å²) in [5, 5.41) is 0. The molecule has 2 aromatic rings. The van der Waals surface area contributed by atoms with Crippen LogP contribution in [0.5, 0.6) is 11.5 Å². The van der Waals surface area contributed by atoms with Gasteiger partial charge in [-0.3, -0.25) is 0 Å². The molecule has 0 fully saturated rings. The zero-order valence-corrected chi connectivity index (χ0v) is 12.1. The van der Waals surface area contributed by atoms with Crippen LogP contribution >= 0.6 is 11.3 Å². The molecule has 0 spiro atoms. The van der Waals surface area contributed by atoms with E-state index in [0.29, 0.717) is 13.2 Å². The van der Waals surface area contributed by atoms with E-state index in [0.717, 1.165) is 23.5 Å². The van der Waals surface area contributed by atoms with Gasteiger partial charge in [0.05, 0.1) is 7.11 Å². The van der Waals surface area contributed by atoms with Gasteiger partial charge in [-0.2, -0.15) is 0 Å². The topological polar surface area (TPSA) is 44.5 Å². The summed E-state index contributed by atoms with van der Waals surface area (Å²) in [4.78, 5) is 2.61. The van der Waals surface area contributed by atoms with Crippen LogP contribution in [0.3, 0.4) is 0 Å². The van der Waals surface area contributed by atoms with Crippen LogP contribution in [0.1, 0.15) is 22.2 Å². The van der Waals surface area contributed by atoms with E-state index in [1.807, 2.05) is 18.2 Å². The minimum atomic E-state index is 0.442. The van der Waals surface area contributed by atoms with Gasteiger partial charge in [-0.05, 0) is 36.8 Å². The van der Waals surface area contributed by atoms with Crippen molar-refractivity contribution in [2.45, 2.75) is 26.5 Å². The molecule has 19 heavy (non-hydrogen) atoms. The molecule has 1 heterocycles. The van der Waals surface area contributed by atoms with Gasteiger partial charge >= 0.3 is 0 Å². The number of thiophene rings is 1. The zero-order chi connectivity index (χ0) is 13.7. The van der Waals surface area contributed by atoms with Crippen molar-refractivity contribution in [1.29, 1.82) is 0 Å². The smallest absolute Gasteiger partial charge is 0.124 e. The predicted octanol–water partition coefficient (Wildman–Crippen LogP) is 3.36. The molecule has 3 nitrogen and oxygen atoms in total. The lowest BCUT2D eigenvalue weighted by molar-refractivity contribution is 0.305. The Morgan fingerprint density at radius 1 is 1.16 bits per heavy atom. The summed E-state index contributed by atoms with van der Waals surface area (Å²) in [5.41, 5.74) is 6.70. The van der Waals surface area contributed by atoms with Crippen LogP contribution in [0.15, 0.2) is 30.3 Å². The van der Waals surface area contributed by atoms with Crippen LogP contribution < -0.4 is 15.2 Å². The number of aryl methyl sites for hydroxylation is 1. The van der Waals surface area contributed by atoms with E-state index in [1.54, 1.807) is 18.4 Å². The second-order valence-electron chi connectivity index (χ2n) is 4.19. The Labute approximate surface area is 118 Å². The normalized spacial score (nSPS) is 10.5. The molecule has 1 aromatic carbocycles. The highest BCUT2D eigenvalue weighted by Gasteiger charge is 2.06. The van der Waals surface area contributed by atoms with E-state index < -0.39 is 0 Å². The van der Waals surface area contributed by atoms with Gasteiger partial charge in [-0.1, -0.05) is 6.92 Å². The molecule has 0 unspecified atom stereocenters. The molecule has 102 valence electrons. The SMILES string of the molecule is CCc1ccc(COc2ccc(OC)cc2CN)s1. The highest BCUT2D eigenvalue weighted by Crippen LogP contribution is 2.26. The Morgan fingerprint density at radius 3 is 2.58 bits per heavy atom. The average molecular weight is 277 g/mol. The molecule has 0 atom stereocenters. The van der Waals surface area contributed by atoms with Crippen LogP contribution in [0.2, 0.25) is 0 Å². The number of ether oxygens (including phenoxy) is 2. The predicted molar refractivity (Wildman–Crippen MR) is 78.9 cm³/mol. The number of hydrogen-bond acceptors (Lipinski definition) is 4.